The highest BCUT2D eigenvalue weighted by atomic mass is 32.2. The number of hydrogen-bond acceptors (Lipinski definition) is 7. The van der Waals surface area contributed by atoms with Crippen LogP contribution in [0.5, 0.6) is 0 Å². The number of alkyl halides is 3. The van der Waals surface area contributed by atoms with E-state index in [0.29, 0.717) is 41.8 Å². The second-order valence-electron chi connectivity index (χ2n) is 12.7. The summed E-state index contributed by atoms with van der Waals surface area (Å²) >= 11 is 0. The lowest BCUT2D eigenvalue weighted by Crippen LogP contribution is -2.40. The first kappa shape index (κ1) is 36.5. The Balaban J connectivity index is 1.49. The van der Waals surface area contributed by atoms with Gasteiger partial charge in [0.05, 0.1) is 33.7 Å². The first-order valence-electron chi connectivity index (χ1n) is 16.2. The summed E-state index contributed by atoms with van der Waals surface area (Å²) in [6.07, 6.45) is 1.71. The molecule has 49 heavy (non-hydrogen) atoms. The van der Waals surface area contributed by atoms with Crippen molar-refractivity contribution in [2.24, 2.45) is 0 Å². The number of halogens is 5. The van der Waals surface area contributed by atoms with E-state index < -0.39 is 44.0 Å². The minimum absolute atomic E-state index is 0.0432. The summed E-state index contributed by atoms with van der Waals surface area (Å²) in [5.74, 6) is -1.97. The molecule has 9 nitrogen and oxygen atoms in total. The fourth-order valence-electron chi connectivity index (χ4n) is 6.65. The van der Waals surface area contributed by atoms with Crippen molar-refractivity contribution in [3.63, 3.8) is 0 Å². The number of nitrogens with two attached hydrogens (primary N) is 1. The van der Waals surface area contributed by atoms with Crippen LogP contribution in [-0.2, 0) is 20.9 Å². The zero-order chi connectivity index (χ0) is 35.7. The van der Waals surface area contributed by atoms with Gasteiger partial charge in [-0.1, -0.05) is 13.0 Å². The second-order valence-corrected chi connectivity index (χ2v) is 14.4. The molecule has 5 rings (SSSR count). The van der Waals surface area contributed by atoms with Gasteiger partial charge in [0.1, 0.15) is 23.1 Å². The van der Waals surface area contributed by atoms with Crippen molar-refractivity contribution in [2.45, 2.75) is 81.9 Å². The lowest BCUT2D eigenvalue weighted by Gasteiger charge is -2.37. The topological polar surface area (TPSA) is 115 Å². The fraction of sp³-hybridized carbons (Fsp3) is 0.471. The van der Waals surface area contributed by atoms with Gasteiger partial charge in [0.2, 0.25) is 0 Å². The number of benzene rings is 2. The zero-order valence-corrected chi connectivity index (χ0v) is 28.6. The molecule has 0 bridgehead atoms. The number of ether oxygens (including phenoxy) is 1. The highest BCUT2D eigenvalue weighted by Gasteiger charge is 2.33. The van der Waals surface area contributed by atoms with Crippen LogP contribution < -0.4 is 10.5 Å². The van der Waals surface area contributed by atoms with Crippen LogP contribution in [0.25, 0.3) is 22.2 Å². The molecule has 266 valence electrons. The largest absolute Gasteiger partial charge is 0.416 e. The maximum atomic E-state index is 15.8. The third kappa shape index (κ3) is 7.68. The van der Waals surface area contributed by atoms with E-state index in [1.54, 1.807) is 18.0 Å². The van der Waals surface area contributed by atoms with Crippen LogP contribution in [-0.4, -0.2) is 60.9 Å². The van der Waals surface area contributed by atoms with Gasteiger partial charge in [0, 0.05) is 43.6 Å². The maximum absolute atomic E-state index is 15.8. The Morgan fingerprint density at radius 1 is 1.08 bits per heavy atom. The van der Waals surface area contributed by atoms with E-state index in [1.807, 2.05) is 18.6 Å². The number of hydrogen-bond donors (Lipinski definition) is 2. The standard InChI is InChI=1S/C34H41F5N6O3S/c1-5-13-44(14-15-48-4)23-11-9-21(10-12-23)26-19-41-33(40)30-31(42-45(20(2)3)32(26)30)25-17-28(36)29(18-27(25)35)43-49(46,47)24-8-6-7-22(16-24)34(37,38)39/h6-8,16-21,23,43H,5,9-15H2,1-4H3,(H2,40,41). The van der Waals surface area contributed by atoms with Crippen LogP contribution in [0.15, 0.2) is 47.5 Å². The van der Waals surface area contributed by atoms with E-state index in [4.69, 9.17) is 10.5 Å². The lowest BCUT2D eigenvalue weighted by atomic mass is 9.81. The van der Waals surface area contributed by atoms with Crippen LogP contribution in [0.4, 0.5) is 33.5 Å². The monoisotopic (exact) mass is 708 g/mol. The molecule has 2 aromatic carbocycles. The van der Waals surface area contributed by atoms with Gasteiger partial charge >= 0.3 is 6.18 Å². The van der Waals surface area contributed by atoms with Crippen LogP contribution in [0.2, 0.25) is 0 Å². The van der Waals surface area contributed by atoms with E-state index in [9.17, 15) is 21.6 Å². The summed E-state index contributed by atoms with van der Waals surface area (Å²) in [6, 6.07) is 4.63. The Labute approximate surface area is 282 Å². The Bertz CT molecular complexity index is 1910. The van der Waals surface area contributed by atoms with E-state index in [1.165, 1.54) is 0 Å². The number of nitrogens with one attached hydrogen (secondary N) is 1. The normalized spacial score (nSPS) is 17.4. The lowest BCUT2D eigenvalue weighted by molar-refractivity contribution is -0.137. The Morgan fingerprint density at radius 2 is 1.80 bits per heavy atom. The number of fused-ring (bicyclic) bond motifs is 1. The Hall–Kier alpha value is -3.82. The van der Waals surface area contributed by atoms with E-state index in [2.05, 4.69) is 21.9 Å². The number of methoxy groups -OCH3 is 1. The number of nitrogen functional groups attached to an aromatic ring is 1. The molecule has 3 N–H and O–H groups in total. The van der Waals surface area contributed by atoms with Crippen LogP contribution in [0, 0.1) is 11.6 Å². The predicted molar refractivity (Wildman–Crippen MR) is 179 cm³/mol. The average molecular weight is 709 g/mol. The SMILES string of the molecule is CCCN(CCOC)C1CCC(c2cnc(N)c3c(-c4cc(F)c(NS(=O)(=O)c5cccc(C(F)(F)F)c5)cc4F)nn(C(C)C)c23)CC1. The smallest absolute Gasteiger partial charge is 0.383 e. The quantitative estimate of drug-likeness (QED) is 0.145. The number of pyridine rings is 1. The number of anilines is 2. The number of nitrogens with zero attached hydrogens (tertiary/aromatic N) is 4. The Kier molecular flexibility index (Phi) is 10.8. The van der Waals surface area contributed by atoms with Gasteiger partial charge in [-0.15, -0.1) is 0 Å². The molecule has 0 radical (unpaired) electrons. The number of aromatic nitrogens is 3. The summed E-state index contributed by atoms with van der Waals surface area (Å²) in [7, 11) is -3.01. The van der Waals surface area contributed by atoms with Gasteiger partial charge in [-0.05, 0) is 88.2 Å². The number of sulfonamides is 1. The maximum Gasteiger partial charge on any atom is 0.416 e. The summed E-state index contributed by atoms with van der Waals surface area (Å²) in [6.45, 7) is 8.50. The van der Waals surface area contributed by atoms with Crippen molar-refractivity contribution in [1.82, 2.24) is 19.7 Å². The molecular weight excluding hydrogens is 667 g/mol. The van der Waals surface area contributed by atoms with E-state index >= 15 is 8.78 Å². The molecular formula is C34H41F5N6O3S. The van der Waals surface area contributed by atoms with Crippen molar-refractivity contribution >= 4 is 32.4 Å². The molecule has 2 heterocycles. The molecule has 15 heteroatoms. The van der Waals surface area contributed by atoms with Crippen molar-refractivity contribution in [3.05, 3.63) is 65.4 Å². The predicted octanol–water partition coefficient (Wildman–Crippen LogP) is 7.74. The minimum atomic E-state index is -4.80. The molecule has 1 saturated carbocycles. The van der Waals surface area contributed by atoms with Gasteiger partial charge in [-0.3, -0.25) is 14.3 Å². The molecule has 0 unspecified atom stereocenters. The van der Waals surface area contributed by atoms with Crippen molar-refractivity contribution < 1.29 is 35.1 Å². The summed E-state index contributed by atoms with van der Waals surface area (Å²) in [5.41, 5.74) is 5.77. The molecule has 0 atom stereocenters. The first-order chi connectivity index (χ1) is 23.2. The minimum Gasteiger partial charge on any atom is -0.383 e. The fourth-order valence-corrected chi connectivity index (χ4v) is 7.76. The third-order valence-electron chi connectivity index (χ3n) is 9.05. The average Bonchev–Trinajstić information content (AvgIpc) is 3.46. The van der Waals surface area contributed by atoms with E-state index in [-0.39, 0.29) is 29.0 Å². The van der Waals surface area contributed by atoms with Crippen LogP contribution >= 0.6 is 0 Å². The molecule has 2 aromatic heterocycles. The first-order valence-corrected chi connectivity index (χ1v) is 17.7. The molecule has 0 amide bonds. The molecule has 0 saturated heterocycles. The summed E-state index contributed by atoms with van der Waals surface area (Å²) in [4.78, 5) is 6.17. The van der Waals surface area contributed by atoms with Gasteiger partial charge in [0.25, 0.3) is 10.0 Å². The third-order valence-corrected chi connectivity index (χ3v) is 10.4. The van der Waals surface area contributed by atoms with Gasteiger partial charge in [-0.2, -0.15) is 18.3 Å². The molecule has 1 aliphatic carbocycles. The second kappa shape index (κ2) is 14.6. The molecule has 0 aliphatic heterocycles. The highest BCUT2D eigenvalue weighted by molar-refractivity contribution is 7.92. The van der Waals surface area contributed by atoms with Crippen molar-refractivity contribution in [3.8, 4) is 11.3 Å². The van der Waals surface area contributed by atoms with Crippen molar-refractivity contribution in [2.75, 3.05) is 37.3 Å². The zero-order valence-electron chi connectivity index (χ0n) is 27.8. The molecule has 4 aromatic rings. The summed E-state index contributed by atoms with van der Waals surface area (Å²) < 4.78 is 106. The van der Waals surface area contributed by atoms with Crippen LogP contribution in [0.3, 0.4) is 0 Å². The Morgan fingerprint density at radius 3 is 2.43 bits per heavy atom. The molecule has 0 spiro atoms. The molecule has 1 fully saturated rings. The van der Waals surface area contributed by atoms with Gasteiger partial charge < -0.3 is 10.5 Å². The molecule has 1 aliphatic rings. The number of rotatable bonds is 12. The van der Waals surface area contributed by atoms with E-state index in [0.717, 1.165) is 69.0 Å². The van der Waals surface area contributed by atoms with Crippen molar-refractivity contribution in [1.29, 1.82) is 0 Å². The highest BCUT2D eigenvalue weighted by Crippen LogP contribution is 2.43. The summed E-state index contributed by atoms with van der Waals surface area (Å²) in [5, 5.41) is 5.04. The van der Waals surface area contributed by atoms with Gasteiger partial charge in [-0.25, -0.2) is 22.2 Å². The van der Waals surface area contributed by atoms with Gasteiger partial charge in [0.15, 0.2) is 0 Å². The van der Waals surface area contributed by atoms with Crippen LogP contribution in [0.1, 0.15) is 76.0 Å².